The van der Waals surface area contributed by atoms with E-state index in [0.717, 1.165) is 13.0 Å². The molecule has 0 aliphatic carbocycles. The maximum atomic E-state index is 11.4. The lowest BCUT2D eigenvalue weighted by Crippen LogP contribution is -2.42. The largest absolute Gasteiger partial charge is 0.468 e. The third kappa shape index (κ3) is 6.50. The zero-order valence-electron chi connectivity index (χ0n) is 10.9. The van der Waals surface area contributed by atoms with Gasteiger partial charge < -0.3 is 10.1 Å². The molecule has 0 saturated carbocycles. The normalized spacial score (nSPS) is 14.1. The van der Waals surface area contributed by atoms with Gasteiger partial charge in [0.1, 0.15) is 6.04 Å². The van der Waals surface area contributed by atoms with Gasteiger partial charge in [0.25, 0.3) is 0 Å². The first kappa shape index (κ1) is 14.4. The van der Waals surface area contributed by atoms with Gasteiger partial charge in [0.2, 0.25) is 0 Å². The Kier molecular flexibility index (Phi) is 5.88. The van der Waals surface area contributed by atoms with Crippen molar-refractivity contribution in [2.45, 2.75) is 47.1 Å². The minimum atomic E-state index is -0.183. The smallest absolute Gasteiger partial charge is 0.323 e. The molecule has 3 heteroatoms. The Morgan fingerprint density at radius 1 is 1.33 bits per heavy atom. The quantitative estimate of drug-likeness (QED) is 0.715. The first-order valence-electron chi connectivity index (χ1n) is 5.59. The molecule has 1 N–H and O–H groups in total. The van der Waals surface area contributed by atoms with Crippen LogP contribution in [-0.4, -0.2) is 25.7 Å². The van der Waals surface area contributed by atoms with E-state index < -0.39 is 0 Å². The first-order chi connectivity index (χ1) is 6.78. The van der Waals surface area contributed by atoms with Crippen LogP contribution in [0.25, 0.3) is 0 Å². The van der Waals surface area contributed by atoms with Crippen LogP contribution in [0, 0.1) is 11.3 Å². The van der Waals surface area contributed by atoms with Crippen molar-refractivity contribution in [3.05, 3.63) is 0 Å². The van der Waals surface area contributed by atoms with Crippen LogP contribution < -0.4 is 5.32 Å². The Bertz CT molecular complexity index is 194. The van der Waals surface area contributed by atoms with Crippen molar-refractivity contribution in [2.75, 3.05) is 13.7 Å². The van der Waals surface area contributed by atoms with Gasteiger partial charge in [-0.3, -0.25) is 4.79 Å². The fraction of sp³-hybridized carbons (Fsp3) is 0.917. The molecule has 0 aromatic rings. The predicted molar refractivity (Wildman–Crippen MR) is 62.7 cm³/mol. The Balaban J connectivity index is 4.04. The van der Waals surface area contributed by atoms with Gasteiger partial charge in [0.15, 0.2) is 0 Å². The molecule has 0 aliphatic rings. The highest BCUT2D eigenvalue weighted by Crippen LogP contribution is 2.17. The molecule has 0 spiro atoms. The average molecular weight is 215 g/mol. The Morgan fingerprint density at radius 2 is 1.87 bits per heavy atom. The molecular formula is C12H25NO2. The van der Waals surface area contributed by atoms with Crippen LogP contribution in [0.3, 0.4) is 0 Å². The van der Waals surface area contributed by atoms with E-state index in [1.54, 1.807) is 0 Å². The van der Waals surface area contributed by atoms with Crippen LogP contribution in [0.15, 0.2) is 0 Å². The van der Waals surface area contributed by atoms with E-state index >= 15 is 0 Å². The SMILES string of the molecule is COC(=O)C(NCCC(C)(C)C)C(C)C. The second kappa shape index (κ2) is 6.11. The van der Waals surface area contributed by atoms with Gasteiger partial charge in [0.05, 0.1) is 7.11 Å². The highest BCUT2D eigenvalue weighted by Gasteiger charge is 2.22. The molecule has 0 saturated heterocycles. The molecule has 0 aromatic carbocycles. The number of rotatable bonds is 5. The average Bonchev–Trinajstić information content (AvgIpc) is 2.09. The van der Waals surface area contributed by atoms with Crippen LogP contribution in [0.5, 0.6) is 0 Å². The third-order valence-electron chi connectivity index (χ3n) is 2.36. The number of carbonyl (C=O) groups is 1. The molecular weight excluding hydrogens is 190 g/mol. The number of ether oxygens (including phenoxy) is 1. The van der Waals surface area contributed by atoms with Crippen LogP contribution in [0.4, 0.5) is 0 Å². The van der Waals surface area contributed by atoms with E-state index in [9.17, 15) is 4.79 Å². The molecule has 90 valence electrons. The van der Waals surface area contributed by atoms with Gasteiger partial charge in [-0.25, -0.2) is 0 Å². The second-order valence-electron chi connectivity index (χ2n) is 5.51. The van der Waals surface area contributed by atoms with Crippen LogP contribution in [0.1, 0.15) is 41.0 Å². The molecule has 0 bridgehead atoms. The summed E-state index contributed by atoms with van der Waals surface area (Å²) < 4.78 is 4.75. The summed E-state index contributed by atoms with van der Waals surface area (Å²) in [5, 5.41) is 3.25. The summed E-state index contributed by atoms with van der Waals surface area (Å²) in [5.74, 6) is 0.0938. The minimum absolute atomic E-state index is 0.168. The highest BCUT2D eigenvalue weighted by molar-refractivity contribution is 5.75. The second-order valence-corrected chi connectivity index (χ2v) is 5.51. The van der Waals surface area contributed by atoms with Crippen molar-refractivity contribution in [2.24, 2.45) is 11.3 Å². The van der Waals surface area contributed by atoms with Crippen LogP contribution >= 0.6 is 0 Å². The van der Waals surface area contributed by atoms with Crippen molar-refractivity contribution in [1.82, 2.24) is 5.32 Å². The number of nitrogens with one attached hydrogen (secondary N) is 1. The summed E-state index contributed by atoms with van der Waals surface area (Å²) in [5.41, 5.74) is 0.296. The summed E-state index contributed by atoms with van der Waals surface area (Å²) in [6.07, 6.45) is 1.05. The lowest BCUT2D eigenvalue weighted by Gasteiger charge is -2.23. The van der Waals surface area contributed by atoms with Crippen LogP contribution in [0.2, 0.25) is 0 Å². The molecule has 0 heterocycles. The van der Waals surface area contributed by atoms with Crippen molar-refractivity contribution in [3.63, 3.8) is 0 Å². The summed E-state index contributed by atoms with van der Waals surface area (Å²) >= 11 is 0. The van der Waals surface area contributed by atoms with E-state index in [0.29, 0.717) is 5.41 Å². The maximum Gasteiger partial charge on any atom is 0.323 e. The zero-order valence-corrected chi connectivity index (χ0v) is 10.9. The standard InChI is InChI=1S/C12H25NO2/c1-9(2)10(11(14)15-6)13-8-7-12(3,4)5/h9-10,13H,7-8H2,1-6H3. The molecule has 0 aliphatic heterocycles. The monoisotopic (exact) mass is 215 g/mol. The first-order valence-corrected chi connectivity index (χ1v) is 5.59. The fourth-order valence-corrected chi connectivity index (χ4v) is 1.32. The van der Waals surface area contributed by atoms with Crippen molar-refractivity contribution in [3.8, 4) is 0 Å². The lowest BCUT2D eigenvalue weighted by molar-refractivity contribution is -0.144. The van der Waals surface area contributed by atoms with E-state index in [4.69, 9.17) is 4.74 Å². The van der Waals surface area contributed by atoms with Gasteiger partial charge in [-0.05, 0) is 24.3 Å². The summed E-state index contributed by atoms with van der Waals surface area (Å²) in [7, 11) is 1.43. The highest BCUT2D eigenvalue weighted by atomic mass is 16.5. The minimum Gasteiger partial charge on any atom is -0.468 e. The number of esters is 1. The topological polar surface area (TPSA) is 38.3 Å². The maximum absolute atomic E-state index is 11.4. The van der Waals surface area contributed by atoms with E-state index in [2.05, 4.69) is 26.1 Å². The number of hydrogen-bond donors (Lipinski definition) is 1. The molecule has 1 atom stereocenters. The zero-order chi connectivity index (χ0) is 12.1. The number of methoxy groups -OCH3 is 1. The van der Waals surface area contributed by atoms with E-state index in [1.807, 2.05) is 13.8 Å². The van der Waals surface area contributed by atoms with Gasteiger partial charge in [-0.1, -0.05) is 34.6 Å². The summed E-state index contributed by atoms with van der Waals surface area (Å²) in [6, 6.07) is -0.183. The molecule has 0 radical (unpaired) electrons. The molecule has 0 aromatic heterocycles. The van der Waals surface area contributed by atoms with Crippen molar-refractivity contribution in [1.29, 1.82) is 0 Å². The van der Waals surface area contributed by atoms with Gasteiger partial charge in [-0.15, -0.1) is 0 Å². The van der Waals surface area contributed by atoms with Gasteiger partial charge in [0, 0.05) is 0 Å². The molecule has 1 unspecified atom stereocenters. The number of hydrogen-bond acceptors (Lipinski definition) is 3. The molecule has 0 amide bonds. The summed E-state index contributed by atoms with van der Waals surface area (Å²) in [4.78, 5) is 11.4. The van der Waals surface area contributed by atoms with Gasteiger partial charge in [-0.2, -0.15) is 0 Å². The van der Waals surface area contributed by atoms with E-state index in [1.165, 1.54) is 7.11 Å². The van der Waals surface area contributed by atoms with Gasteiger partial charge >= 0.3 is 5.97 Å². The molecule has 3 nitrogen and oxygen atoms in total. The Hall–Kier alpha value is -0.570. The van der Waals surface area contributed by atoms with E-state index in [-0.39, 0.29) is 17.9 Å². The number of carbonyl (C=O) groups excluding carboxylic acids is 1. The Labute approximate surface area is 93.6 Å². The predicted octanol–water partition coefficient (Wildman–Crippen LogP) is 2.21. The Morgan fingerprint density at radius 3 is 2.20 bits per heavy atom. The van der Waals surface area contributed by atoms with Crippen LogP contribution in [-0.2, 0) is 9.53 Å². The molecule has 15 heavy (non-hydrogen) atoms. The molecule has 0 rings (SSSR count). The van der Waals surface area contributed by atoms with Crippen molar-refractivity contribution < 1.29 is 9.53 Å². The fourth-order valence-electron chi connectivity index (χ4n) is 1.32. The third-order valence-corrected chi connectivity index (χ3v) is 2.36. The molecule has 0 fully saturated rings. The van der Waals surface area contributed by atoms with Crippen molar-refractivity contribution >= 4 is 5.97 Å². The lowest BCUT2D eigenvalue weighted by atomic mass is 9.92. The summed E-state index contributed by atoms with van der Waals surface area (Å²) in [6.45, 7) is 11.5.